The number of nitrogens with one attached hydrogen (secondary N) is 1. The number of nitrogens with zero attached hydrogens (tertiary/aromatic N) is 2. The Labute approximate surface area is 166 Å². The van der Waals surface area contributed by atoms with Crippen molar-refractivity contribution in [1.82, 2.24) is 4.90 Å². The third-order valence-corrected chi connectivity index (χ3v) is 4.54. The zero-order valence-corrected chi connectivity index (χ0v) is 15.5. The summed E-state index contributed by atoms with van der Waals surface area (Å²) in [6, 6.07) is 16.5. The van der Waals surface area contributed by atoms with Crippen LogP contribution in [0.5, 0.6) is 0 Å². The number of hydrogen-bond acceptors (Lipinski definition) is 3. The molecular weight excluding hydrogens is 383 g/mol. The van der Waals surface area contributed by atoms with Crippen LogP contribution >= 0.6 is 0 Å². The van der Waals surface area contributed by atoms with Gasteiger partial charge in [0.15, 0.2) is 0 Å². The molecule has 1 heterocycles. The van der Waals surface area contributed by atoms with E-state index in [2.05, 4.69) is 5.32 Å². The molecular formula is C21H20F3N3O2. The maximum absolute atomic E-state index is 12.5. The van der Waals surface area contributed by atoms with Crippen LogP contribution in [0.25, 0.3) is 6.08 Å². The highest BCUT2D eigenvalue weighted by Gasteiger charge is 2.43. The van der Waals surface area contributed by atoms with Gasteiger partial charge in [0.1, 0.15) is 0 Å². The van der Waals surface area contributed by atoms with E-state index >= 15 is 0 Å². The molecule has 1 saturated heterocycles. The topological polar surface area (TPSA) is 52.7 Å². The number of carbonyl (C=O) groups excluding carboxylic acids is 2. The van der Waals surface area contributed by atoms with Crippen LogP contribution in [0.2, 0.25) is 0 Å². The van der Waals surface area contributed by atoms with Gasteiger partial charge in [0.25, 0.3) is 0 Å². The molecule has 2 aromatic rings. The van der Waals surface area contributed by atoms with Gasteiger partial charge in [-0.2, -0.15) is 13.2 Å². The number of alkyl halides is 3. The van der Waals surface area contributed by atoms with Gasteiger partial charge < -0.3 is 15.1 Å². The van der Waals surface area contributed by atoms with Gasteiger partial charge in [-0.3, -0.25) is 9.59 Å². The minimum Gasteiger partial charge on any atom is -0.368 e. The van der Waals surface area contributed by atoms with Crippen molar-refractivity contribution < 1.29 is 22.8 Å². The molecule has 2 amide bonds. The second-order valence-electron chi connectivity index (χ2n) is 6.56. The van der Waals surface area contributed by atoms with E-state index in [4.69, 9.17) is 0 Å². The highest BCUT2D eigenvalue weighted by molar-refractivity contribution is 6.02. The van der Waals surface area contributed by atoms with Crippen molar-refractivity contribution in [3.05, 3.63) is 66.2 Å². The number of carbonyl (C=O) groups is 2. The molecule has 1 aliphatic rings. The molecule has 8 heteroatoms. The third-order valence-electron chi connectivity index (χ3n) is 4.54. The largest absolute Gasteiger partial charge is 0.471 e. The molecule has 1 N–H and O–H groups in total. The van der Waals surface area contributed by atoms with E-state index in [1.165, 1.54) is 6.08 Å². The summed E-state index contributed by atoms with van der Waals surface area (Å²) in [7, 11) is 0. The highest BCUT2D eigenvalue weighted by atomic mass is 19.4. The second-order valence-corrected chi connectivity index (χ2v) is 6.56. The molecule has 0 spiro atoms. The molecule has 0 aliphatic carbocycles. The summed E-state index contributed by atoms with van der Waals surface area (Å²) in [5.74, 6) is -2.06. The van der Waals surface area contributed by atoms with Crippen LogP contribution in [0.15, 0.2) is 60.7 Å². The molecule has 152 valence electrons. The van der Waals surface area contributed by atoms with Crippen molar-refractivity contribution in [2.24, 2.45) is 0 Å². The molecule has 0 saturated carbocycles. The standard InChI is InChI=1S/C21H20F3N3O2/c22-21(23,24)20(29)27-14-12-26(13-15-27)18-9-7-17(8-10-18)25-19(28)11-6-16-4-2-1-3-5-16/h1-11H,12-15H2,(H,25,28)/b11-6+. The Morgan fingerprint density at radius 3 is 2.10 bits per heavy atom. The number of hydrogen-bond donors (Lipinski definition) is 1. The van der Waals surface area contributed by atoms with Crippen LogP contribution in [-0.2, 0) is 9.59 Å². The number of anilines is 2. The summed E-state index contributed by atoms with van der Waals surface area (Å²) in [6.07, 6.45) is -1.68. The Hall–Kier alpha value is -3.29. The van der Waals surface area contributed by atoms with Crippen LogP contribution in [0.3, 0.4) is 0 Å². The van der Waals surface area contributed by atoms with Gasteiger partial charge in [0.05, 0.1) is 0 Å². The number of benzene rings is 2. The summed E-state index contributed by atoms with van der Waals surface area (Å²) in [5, 5.41) is 2.76. The van der Waals surface area contributed by atoms with Crippen LogP contribution < -0.4 is 10.2 Å². The molecule has 3 rings (SSSR count). The van der Waals surface area contributed by atoms with Crippen LogP contribution in [-0.4, -0.2) is 49.1 Å². The van der Waals surface area contributed by atoms with Gasteiger partial charge in [-0.05, 0) is 35.9 Å². The fourth-order valence-corrected chi connectivity index (χ4v) is 3.02. The molecule has 2 aromatic carbocycles. The fourth-order valence-electron chi connectivity index (χ4n) is 3.02. The van der Waals surface area contributed by atoms with Crippen molar-refractivity contribution in [2.75, 3.05) is 36.4 Å². The van der Waals surface area contributed by atoms with Gasteiger partial charge in [0, 0.05) is 43.6 Å². The molecule has 0 bridgehead atoms. The van der Waals surface area contributed by atoms with Crippen LogP contribution in [0, 0.1) is 0 Å². The monoisotopic (exact) mass is 403 g/mol. The molecule has 5 nitrogen and oxygen atoms in total. The number of piperazine rings is 1. The lowest BCUT2D eigenvalue weighted by atomic mass is 10.2. The first-order valence-corrected chi connectivity index (χ1v) is 9.08. The van der Waals surface area contributed by atoms with Gasteiger partial charge in [-0.25, -0.2) is 0 Å². The Morgan fingerprint density at radius 2 is 1.52 bits per heavy atom. The van der Waals surface area contributed by atoms with Crippen molar-refractivity contribution >= 4 is 29.3 Å². The minimum atomic E-state index is -4.84. The lowest BCUT2D eigenvalue weighted by molar-refractivity contribution is -0.185. The maximum atomic E-state index is 12.5. The van der Waals surface area contributed by atoms with E-state index in [9.17, 15) is 22.8 Å². The van der Waals surface area contributed by atoms with Gasteiger partial charge in [0.2, 0.25) is 5.91 Å². The molecule has 1 aliphatic heterocycles. The number of rotatable bonds is 4. The summed E-state index contributed by atoms with van der Waals surface area (Å²) in [5.41, 5.74) is 2.35. The normalized spacial score (nSPS) is 14.9. The first kappa shape index (κ1) is 20.4. The predicted molar refractivity (Wildman–Crippen MR) is 105 cm³/mol. The summed E-state index contributed by atoms with van der Waals surface area (Å²) in [4.78, 5) is 26.0. The average molecular weight is 403 g/mol. The minimum absolute atomic E-state index is 0.0150. The van der Waals surface area contributed by atoms with E-state index in [0.717, 1.165) is 16.2 Å². The third kappa shape index (κ3) is 5.60. The predicted octanol–water partition coefficient (Wildman–Crippen LogP) is 3.55. The Bertz CT molecular complexity index is 872. The molecule has 1 fully saturated rings. The molecule has 29 heavy (non-hydrogen) atoms. The van der Waals surface area contributed by atoms with Gasteiger partial charge in [-0.15, -0.1) is 0 Å². The summed E-state index contributed by atoms with van der Waals surface area (Å²) < 4.78 is 37.5. The van der Waals surface area contributed by atoms with E-state index in [1.54, 1.807) is 30.3 Å². The van der Waals surface area contributed by atoms with Crippen molar-refractivity contribution in [1.29, 1.82) is 0 Å². The zero-order chi connectivity index (χ0) is 20.9. The highest BCUT2D eigenvalue weighted by Crippen LogP contribution is 2.23. The van der Waals surface area contributed by atoms with Gasteiger partial charge in [-0.1, -0.05) is 30.3 Å². The van der Waals surface area contributed by atoms with E-state index in [1.807, 2.05) is 35.2 Å². The van der Waals surface area contributed by atoms with Crippen molar-refractivity contribution in [2.45, 2.75) is 6.18 Å². The van der Waals surface area contributed by atoms with Crippen LogP contribution in [0.4, 0.5) is 24.5 Å². The molecule has 0 atom stereocenters. The molecule has 0 aromatic heterocycles. The van der Waals surface area contributed by atoms with E-state index in [0.29, 0.717) is 18.8 Å². The summed E-state index contributed by atoms with van der Waals surface area (Å²) >= 11 is 0. The second kappa shape index (κ2) is 8.81. The van der Waals surface area contributed by atoms with Crippen molar-refractivity contribution in [3.63, 3.8) is 0 Å². The molecule has 0 radical (unpaired) electrons. The van der Waals surface area contributed by atoms with Crippen LogP contribution in [0.1, 0.15) is 5.56 Å². The lowest BCUT2D eigenvalue weighted by Gasteiger charge is -2.36. The Morgan fingerprint density at radius 1 is 0.897 bits per heavy atom. The van der Waals surface area contributed by atoms with E-state index in [-0.39, 0.29) is 19.0 Å². The summed E-state index contributed by atoms with van der Waals surface area (Å²) in [6.45, 7) is 0.656. The zero-order valence-electron chi connectivity index (χ0n) is 15.5. The Balaban J connectivity index is 1.52. The Kier molecular flexibility index (Phi) is 6.21. The number of amides is 2. The lowest BCUT2D eigenvalue weighted by Crippen LogP contribution is -2.52. The molecule has 0 unspecified atom stereocenters. The van der Waals surface area contributed by atoms with Gasteiger partial charge >= 0.3 is 12.1 Å². The first-order chi connectivity index (χ1) is 13.8. The van der Waals surface area contributed by atoms with E-state index < -0.39 is 12.1 Å². The fraction of sp³-hybridized carbons (Fsp3) is 0.238. The average Bonchev–Trinajstić information content (AvgIpc) is 2.72. The van der Waals surface area contributed by atoms with Crippen molar-refractivity contribution in [3.8, 4) is 0 Å². The number of halogens is 3. The first-order valence-electron chi connectivity index (χ1n) is 9.08. The SMILES string of the molecule is O=C(/C=C/c1ccccc1)Nc1ccc(N2CCN(C(=O)C(F)(F)F)CC2)cc1. The smallest absolute Gasteiger partial charge is 0.368 e. The quantitative estimate of drug-likeness (QED) is 0.795. The maximum Gasteiger partial charge on any atom is 0.471 e.